The lowest BCUT2D eigenvalue weighted by atomic mass is 10.1. The van der Waals surface area contributed by atoms with Gasteiger partial charge in [0.15, 0.2) is 17.4 Å². The van der Waals surface area contributed by atoms with Gasteiger partial charge in [0.25, 0.3) is 5.91 Å². The minimum Gasteiger partial charge on any atom is -0.504 e. The van der Waals surface area contributed by atoms with Crippen molar-refractivity contribution < 1.29 is 14.3 Å². The quantitative estimate of drug-likeness (QED) is 0.440. The Morgan fingerprint density at radius 2 is 2.12 bits per heavy atom. The molecule has 9 nitrogen and oxygen atoms in total. The van der Waals surface area contributed by atoms with E-state index in [0.717, 1.165) is 25.3 Å². The number of anilines is 1. The van der Waals surface area contributed by atoms with Crippen molar-refractivity contribution in [2.75, 3.05) is 31.6 Å². The van der Waals surface area contributed by atoms with Crippen LogP contribution in [0.15, 0.2) is 30.5 Å². The third-order valence-electron chi connectivity index (χ3n) is 5.92. The van der Waals surface area contributed by atoms with Crippen molar-refractivity contribution in [3.05, 3.63) is 42.0 Å². The van der Waals surface area contributed by atoms with E-state index in [1.54, 1.807) is 19.3 Å². The summed E-state index contributed by atoms with van der Waals surface area (Å²) in [6.45, 7) is 4.70. The Labute approximate surface area is 189 Å². The predicted octanol–water partition coefficient (Wildman–Crippen LogP) is 2.19. The summed E-state index contributed by atoms with van der Waals surface area (Å²) in [5.41, 5.74) is 1.81. The molecule has 3 heterocycles. The second-order valence-electron chi connectivity index (χ2n) is 8.30. The fraction of sp³-hybridized carbons (Fsp3) is 0.304. The highest BCUT2D eigenvalue weighted by Crippen LogP contribution is 2.36. The SMILES string of the molecule is CNC(=O)c1nc(-c2cc3cn(C)nc3c(F)c2O)nc2ccc(N3CCN[C@H](C)C3)cc12. The monoisotopic (exact) mass is 449 g/mol. The number of nitrogens with one attached hydrogen (secondary N) is 2. The fourth-order valence-electron chi connectivity index (χ4n) is 4.30. The number of benzene rings is 2. The number of aryl methyl sites for hydroxylation is 1. The fourth-order valence-corrected chi connectivity index (χ4v) is 4.30. The van der Waals surface area contributed by atoms with Crippen molar-refractivity contribution in [3.8, 4) is 17.1 Å². The summed E-state index contributed by atoms with van der Waals surface area (Å²) in [7, 11) is 3.19. The lowest BCUT2D eigenvalue weighted by Gasteiger charge is -2.33. The molecular formula is C23H24FN7O2. The number of hydrogen-bond acceptors (Lipinski definition) is 7. The van der Waals surface area contributed by atoms with Crippen LogP contribution in [0.25, 0.3) is 33.2 Å². The highest BCUT2D eigenvalue weighted by molar-refractivity contribution is 6.05. The van der Waals surface area contributed by atoms with E-state index < -0.39 is 17.5 Å². The zero-order valence-corrected chi connectivity index (χ0v) is 18.6. The maximum Gasteiger partial charge on any atom is 0.270 e. The molecule has 1 atom stereocenters. The van der Waals surface area contributed by atoms with E-state index in [-0.39, 0.29) is 22.6 Å². The number of nitrogens with zero attached hydrogens (tertiary/aromatic N) is 5. The summed E-state index contributed by atoms with van der Waals surface area (Å²) in [6.07, 6.45) is 1.64. The van der Waals surface area contributed by atoms with Gasteiger partial charge in [0.1, 0.15) is 11.2 Å². The normalized spacial score (nSPS) is 16.5. The molecule has 2 aromatic heterocycles. The number of carbonyl (C=O) groups is 1. The number of halogens is 1. The molecule has 0 spiro atoms. The van der Waals surface area contributed by atoms with E-state index in [2.05, 4.69) is 37.5 Å². The summed E-state index contributed by atoms with van der Waals surface area (Å²) < 4.78 is 16.3. The second kappa shape index (κ2) is 7.96. The molecule has 0 aliphatic carbocycles. The highest BCUT2D eigenvalue weighted by atomic mass is 19.1. The van der Waals surface area contributed by atoms with Crippen molar-refractivity contribution in [2.24, 2.45) is 7.05 Å². The number of piperazine rings is 1. The molecule has 170 valence electrons. The van der Waals surface area contributed by atoms with E-state index in [9.17, 15) is 14.3 Å². The number of aromatic hydroxyl groups is 1. The Morgan fingerprint density at radius 3 is 2.88 bits per heavy atom. The molecule has 3 N–H and O–H groups in total. The van der Waals surface area contributed by atoms with Crippen LogP contribution in [0, 0.1) is 5.82 Å². The maximum absolute atomic E-state index is 14.8. The average Bonchev–Trinajstić information content (AvgIpc) is 3.20. The van der Waals surface area contributed by atoms with Crippen molar-refractivity contribution in [1.29, 1.82) is 0 Å². The van der Waals surface area contributed by atoms with Gasteiger partial charge in [-0.25, -0.2) is 14.4 Å². The van der Waals surface area contributed by atoms with E-state index in [1.165, 1.54) is 11.7 Å². The third-order valence-corrected chi connectivity index (χ3v) is 5.92. The molecule has 33 heavy (non-hydrogen) atoms. The van der Waals surface area contributed by atoms with Crippen LogP contribution >= 0.6 is 0 Å². The number of hydrogen-bond donors (Lipinski definition) is 3. The first-order chi connectivity index (χ1) is 15.9. The Bertz CT molecular complexity index is 1400. The van der Waals surface area contributed by atoms with Crippen LogP contribution in [0.2, 0.25) is 0 Å². The van der Waals surface area contributed by atoms with Crippen molar-refractivity contribution in [1.82, 2.24) is 30.4 Å². The molecule has 10 heteroatoms. The van der Waals surface area contributed by atoms with Gasteiger partial charge >= 0.3 is 0 Å². The molecule has 0 bridgehead atoms. The molecule has 1 amide bonds. The number of fused-ring (bicyclic) bond motifs is 2. The number of amides is 1. The Balaban J connectivity index is 1.69. The van der Waals surface area contributed by atoms with Gasteiger partial charge in [-0.05, 0) is 31.2 Å². The van der Waals surface area contributed by atoms with Crippen LogP contribution in [0.4, 0.5) is 10.1 Å². The van der Waals surface area contributed by atoms with Gasteiger partial charge in [-0.1, -0.05) is 0 Å². The van der Waals surface area contributed by atoms with Crippen molar-refractivity contribution in [2.45, 2.75) is 13.0 Å². The molecule has 4 aromatic rings. The van der Waals surface area contributed by atoms with E-state index >= 15 is 0 Å². The largest absolute Gasteiger partial charge is 0.504 e. The van der Waals surface area contributed by atoms with Gasteiger partial charge in [-0.3, -0.25) is 9.48 Å². The molecular weight excluding hydrogens is 425 g/mol. The number of phenols is 1. The lowest BCUT2D eigenvalue weighted by molar-refractivity contribution is 0.0960. The smallest absolute Gasteiger partial charge is 0.270 e. The first-order valence-corrected chi connectivity index (χ1v) is 10.7. The zero-order valence-electron chi connectivity index (χ0n) is 18.6. The average molecular weight is 449 g/mol. The molecule has 1 saturated heterocycles. The summed E-state index contributed by atoms with van der Waals surface area (Å²) in [4.78, 5) is 24.0. The summed E-state index contributed by atoms with van der Waals surface area (Å²) in [5.74, 6) is -1.78. The highest BCUT2D eigenvalue weighted by Gasteiger charge is 2.23. The Morgan fingerprint density at radius 1 is 1.30 bits per heavy atom. The standard InChI is InChI=1S/C23H24FN7O2/c1-12-10-31(7-6-26-12)14-4-5-17-15(9-14)20(23(33)25-2)28-22(27-17)16-8-13-11-30(3)29-19(13)18(24)21(16)32/h4-5,8-9,11-12,26,32H,6-7,10H2,1-3H3,(H,25,33)/t12-/m1/s1. The van der Waals surface area contributed by atoms with E-state index in [4.69, 9.17) is 0 Å². The van der Waals surface area contributed by atoms with Crippen LogP contribution in [0.5, 0.6) is 5.75 Å². The van der Waals surface area contributed by atoms with Gasteiger partial charge in [-0.2, -0.15) is 5.10 Å². The van der Waals surface area contributed by atoms with Crippen LogP contribution in [0.3, 0.4) is 0 Å². The summed E-state index contributed by atoms with van der Waals surface area (Å²) in [6, 6.07) is 7.62. The van der Waals surface area contributed by atoms with Crippen LogP contribution in [0.1, 0.15) is 17.4 Å². The number of phenolic OH excluding ortho intramolecular Hbond substituents is 1. The molecule has 1 aliphatic heterocycles. The Kier molecular flexibility index (Phi) is 5.09. The molecule has 0 radical (unpaired) electrons. The minimum atomic E-state index is -0.850. The molecule has 0 unspecified atom stereocenters. The van der Waals surface area contributed by atoms with Crippen LogP contribution in [-0.4, -0.2) is 63.5 Å². The topological polar surface area (TPSA) is 108 Å². The number of aromatic nitrogens is 4. The molecule has 0 saturated carbocycles. The number of carbonyl (C=O) groups excluding carboxylic acids is 1. The van der Waals surface area contributed by atoms with E-state index in [0.29, 0.717) is 22.3 Å². The van der Waals surface area contributed by atoms with Gasteiger partial charge in [0.05, 0.1) is 11.1 Å². The van der Waals surface area contributed by atoms with Gasteiger partial charge in [0.2, 0.25) is 0 Å². The van der Waals surface area contributed by atoms with Crippen molar-refractivity contribution in [3.63, 3.8) is 0 Å². The predicted molar refractivity (Wildman–Crippen MR) is 124 cm³/mol. The molecule has 1 fully saturated rings. The Hall–Kier alpha value is -3.79. The number of rotatable bonds is 3. The molecule has 2 aromatic carbocycles. The first kappa shape index (κ1) is 21.1. The first-order valence-electron chi connectivity index (χ1n) is 10.7. The zero-order chi connectivity index (χ0) is 23.3. The molecule has 5 rings (SSSR count). The summed E-state index contributed by atoms with van der Waals surface area (Å²) >= 11 is 0. The second-order valence-corrected chi connectivity index (χ2v) is 8.30. The van der Waals surface area contributed by atoms with Crippen LogP contribution in [-0.2, 0) is 7.05 Å². The third kappa shape index (κ3) is 3.62. The summed E-state index contributed by atoms with van der Waals surface area (Å²) in [5, 5.41) is 21.7. The van der Waals surface area contributed by atoms with Gasteiger partial charge in [0, 0.05) is 62.4 Å². The van der Waals surface area contributed by atoms with Crippen LogP contribution < -0.4 is 15.5 Å². The molecule has 1 aliphatic rings. The maximum atomic E-state index is 14.8. The van der Waals surface area contributed by atoms with Gasteiger partial charge < -0.3 is 20.6 Å². The van der Waals surface area contributed by atoms with Crippen molar-refractivity contribution >= 4 is 33.4 Å². The lowest BCUT2D eigenvalue weighted by Crippen LogP contribution is -2.49. The van der Waals surface area contributed by atoms with E-state index in [1.807, 2.05) is 18.2 Å². The minimum absolute atomic E-state index is 0.0564. The van der Waals surface area contributed by atoms with Gasteiger partial charge in [-0.15, -0.1) is 0 Å².